The second kappa shape index (κ2) is 4.98. The third kappa shape index (κ3) is 2.83. The van der Waals surface area contributed by atoms with Crippen LogP contribution in [-0.4, -0.2) is 29.2 Å². The molecule has 1 atom stereocenters. The smallest absolute Gasteiger partial charge is 0.0667 e. The maximum atomic E-state index is 9.63. The Balaban J connectivity index is 2.02. The molecule has 1 aromatic carbocycles. The summed E-state index contributed by atoms with van der Waals surface area (Å²) in [5.41, 5.74) is 4.07. The van der Waals surface area contributed by atoms with E-state index in [9.17, 15) is 5.11 Å². The van der Waals surface area contributed by atoms with Crippen molar-refractivity contribution in [2.24, 2.45) is 0 Å². The summed E-state index contributed by atoms with van der Waals surface area (Å²) in [7, 11) is 0. The van der Waals surface area contributed by atoms with E-state index in [-0.39, 0.29) is 6.10 Å². The summed E-state index contributed by atoms with van der Waals surface area (Å²) < 4.78 is 0. The van der Waals surface area contributed by atoms with E-state index >= 15 is 0 Å². The molecule has 16 heavy (non-hydrogen) atoms. The number of rotatable bonds is 2. The fraction of sp³-hybridized carbons (Fsp3) is 0.571. The molecule has 1 aliphatic rings. The molecule has 0 spiro atoms. The lowest BCUT2D eigenvalue weighted by atomic mass is 10.0. The van der Waals surface area contributed by atoms with Crippen LogP contribution in [0.25, 0.3) is 0 Å². The Hall–Kier alpha value is -0.860. The van der Waals surface area contributed by atoms with Crippen molar-refractivity contribution in [2.45, 2.75) is 39.3 Å². The van der Waals surface area contributed by atoms with Crippen LogP contribution in [0.3, 0.4) is 0 Å². The van der Waals surface area contributed by atoms with Gasteiger partial charge in [-0.3, -0.25) is 4.90 Å². The topological polar surface area (TPSA) is 23.5 Å². The van der Waals surface area contributed by atoms with E-state index in [0.29, 0.717) is 0 Å². The Morgan fingerprint density at radius 1 is 1.38 bits per heavy atom. The molecule has 2 heteroatoms. The number of piperidine rings is 1. The van der Waals surface area contributed by atoms with E-state index in [1.54, 1.807) is 0 Å². The highest BCUT2D eigenvalue weighted by Crippen LogP contribution is 2.16. The third-order valence-electron chi connectivity index (χ3n) is 3.37. The van der Waals surface area contributed by atoms with Crippen LogP contribution in [0.1, 0.15) is 29.5 Å². The van der Waals surface area contributed by atoms with Gasteiger partial charge in [-0.15, -0.1) is 0 Å². The standard InChI is InChI=1S/C14H21NO/c1-11-5-6-13(12(2)8-11)9-15-7-3-4-14(16)10-15/h5-6,8,14,16H,3-4,7,9-10H2,1-2H3/t14-/m1/s1. The summed E-state index contributed by atoms with van der Waals surface area (Å²) in [6.45, 7) is 7.21. The van der Waals surface area contributed by atoms with Gasteiger partial charge in [-0.25, -0.2) is 0 Å². The summed E-state index contributed by atoms with van der Waals surface area (Å²) >= 11 is 0. The van der Waals surface area contributed by atoms with E-state index in [2.05, 4.69) is 36.9 Å². The van der Waals surface area contributed by atoms with Crippen molar-refractivity contribution in [3.63, 3.8) is 0 Å². The van der Waals surface area contributed by atoms with E-state index in [0.717, 1.165) is 32.5 Å². The van der Waals surface area contributed by atoms with Crippen LogP contribution < -0.4 is 0 Å². The van der Waals surface area contributed by atoms with Crippen LogP contribution in [0.4, 0.5) is 0 Å². The molecular formula is C14H21NO. The second-order valence-electron chi connectivity index (χ2n) is 4.96. The first kappa shape index (κ1) is 11.6. The van der Waals surface area contributed by atoms with E-state index in [4.69, 9.17) is 0 Å². The molecule has 0 aliphatic carbocycles. The molecule has 0 unspecified atom stereocenters. The summed E-state index contributed by atoms with van der Waals surface area (Å²) in [6, 6.07) is 6.62. The fourth-order valence-corrected chi connectivity index (χ4v) is 2.44. The summed E-state index contributed by atoms with van der Waals surface area (Å²) in [4.78, 5) is 2.35. The fourth-order valence-electron chi connectivity index (χ4n) is 2.44. The zero-order valence-electron chi connectivity index (χ0n) is 10.2. The van der Waals surface area contributed by atoms with Gasteiger partial charge in [-0.2, -0.15) is 0 Å². The van der Waals surface area contributed by atoms with Crippen LogP contribution >= 0.6 is 0 Å². The van der Waals surface area contributed by atoms with Crippen LogP contribution in [0, 0.1) is 13.8 Å². The molecule has 1 heterocycles. The molecule has 1 fully saturated rings. The average molecular weight is 219 g/mol. The first-order chi connectivity index (χ1) is 7.65. The number of hydrogen-bond acceptors (Lipinski definition) is 2. The third-order valence-corrected chi connectivity index (χ3v) is 3.37. The SMILES string of the molecule is Cc1ccc(CN2CCC[C@@H](O)C2)c(C)c1. The molecule has 0 saturated carbocycles. The van der Waals surface area contributed by atoms with Crippen LogP contribution in [0.15, 0.2) is 18.2 Å². The van der Waals surface area contributed by atoms with Crippen molar-refractivity contribution in [3.05, 3.63) is 34.9 Å². The van der Waals surface area contributed by atoms with Gasteiger partial charge >= 0.3 is 0 Å². The van der Waals surface area contributed by atoms with Crippen molar-refractivity contribution in [2.75, 3.05) is 13.1 Å². The van der Waals surface area contributed by atoms with Gasteiger partial charge in [0.1, 0.15) is 0 Å². The quantitative estimate of drug-likeness (QED) is 0.824. The van der Waals surface area contributed by atoms with Gasteiger partial charge in [-0.05, 0) is 44.4 Å². The Morgan fingerprint density at radius 3 is 2.88 bits per heavy atom. The molecule has 0 aromatic heterocycles. The van der Waals surface area contributed by atoms with Crippen molar-refractivity contribution in [1.29, 1.82) is 0 Å². The van der Waals surface area contributed by atoms with Crippen molar-refractivity contribution in [1.82, 2.24) is 4.90 Å². The molecule has 0 radical (unpaired) electrons. The lowest BCUT2D eigenvalue weighted by Gasteiger charge is -2.30. The predicted molar refractivity (Wildman–Crippen MR) is 66.4 cm³/mol. The van der Waals surface area contributed by atoms with Gasteiger partial charge in [0.25, 0.3) is 0 Å². The van der Waals surface area contributed by atoms with Crippen molar-refractivity contribution in [3.8, 4) is 0 Å². The number of aryl methyl sites for hydroxylation is 2. The number of nitrogens with zero attached hydrogens (tertiary/aromatic N) is 1. The van der Waals surface area contributed by atoms with Gasteiger partial charge in [0.2, 0.25) is 0 Å². The van der Waals surface area contributed by atoms with E-state index in [1.165, 1.54) is 16.7 Å². The summed E-state index contributed by atoms with van der Waals surface area (Å²) in [5, 5.41) is 9.63. The maximum Gasteiger partial charge on any atom is 0.0667 e. The molecule has 1 saturated heterocycles. The van der Waals surface area contributed by atoms with Crippen molar-refractivity contribution < 1.29 is 5.11 Å². The summed E-state index contributed by atoms with van der Waals surface area (Å²) in [6.07, 6.45) is 1.95. The van der Waals surface area contributed by atoms with Crippen LogP contribution in [0.2, 0.25) is 0 Å². The molecule has 2 nitrogen and oxygen atoms in total. The monoisotopic (exact) mass is 219 g/mol. The number of aliphatic hydroxyl groups is 1. The number of benzene rings is 1. The minimum absolute atomic E-state index is 0.125. The second-order valence-corrected chi connectivity index (χ2v) is 4.96. The molecule has 1 N–H and O–H groups in total. The first-order valence-corrected chi connectivity index (χ1v) is 6.11. The number of hydrogen-bond donors (Lipinski definition) is 1. The van der Waals surface area contributed by atoms with Gasteiger partial charge in [-0.1, -0.05) is 23.8 Å². The molecular weight excluding hydrogens is 198 g/mol. The highest BCUT2D eigenvalue weighted by atomic mass is 16.3. The van der Waals surface area contributed by atoms with E-state index < -0.39 is 0 Å². The highest BCUT2D eigenvalue weighted by Gasteiger charge is 2.17. The molecule has 1 aliphatic heterocycles. The van der Waals surface area contributed by atoms with Crippen LogP contribution in [-0.2, 0) is 6.54 Å². The highest BCUT2D eigenvalue weighted by molar-refractivity contribution is 5.30. The Morgan fingerprint density at radius 2 is 2.19 bits per heavy atom. The lowest BCUT2D eigenvalue weighted by molar-refractivity contribution is 0.0667. The van der Waals surface area contributed by atoms with E-state index in [1.807, 2.05) is 0 Å². The molecule has 1 aromatic rings. The molecule has 0 amide bonds. The Bertz CT molecular complexity index is 362. The Labute approximate surface area is 97.9 Å². The predicted octanol–water partition coefficient (Wildman–Crippen LogP) is 2.26. The number of β-amino-alcohol motifs (C(OH)–C–C–N with tert-alkyl or cyclic N) is 1. The van der Waals surface area contributed by atoms with Crippen molar-refractivity contribution >= 4 is 0 Å². The molecule has 0 bridgehead atoms. The number of likely N-dealkylation sites (tertiary alicyclic amines) is 1. The summed E-state index contributed by atoms with van der Waals surface area (Å²) in [5.74, 6) is 0. The zero-order valence-corrected chi connectivity index (χ0v) is 10.2. The maximum absolute atomic E-state index is 9.63. The van der Waals surface area contributed by atoms with Gasteiger partial charge in [0.05, 0.1) is 6.10 Å². The number of aliphatic hydroxyl groups excluding tert-OH is 1. The average Bonchev–Trinajstić information content (AvgIpc) is 2.22. The van der Waals surface area contributed by atoms with Gasteiger partial charge < -0.3 is 5.11 Å². The molecule has 88 valence electrons. The molecule has 2 rings (SSSR count). The van der Waals surface area contributed by atoms with Gasteiger partial charge in [0, 0.05) is 13.1 Å². The minimum Gasteiger partial charge on any atom is -0.392 e. The minimum atomic E-state index is -0.125. The lowest BCUT2D eigenvalue weighted by Crippen LogP contribution is -2.37. The normalized spacial score (nSPS) is 22.3. The van der Waals surface area contributed by atoms with Crippen LogP contribution in [0.5, 0.6) is 0 Å². The van der Waals surface area contributed by atoms with Gasteiger partial charge in [0.15, 0.2) is 0 Å². The first-order valence-electron chi connectivity index (χ1n) is 6.11. The Kier molecular flexibility index (Phi) is 3.62. The largest absolute Gasteiger partial charge is 0.392 e. The zero-order chi connectivity index (χ0) is 11.5.